The van der Waals surface area contributed by atoms with E-state index in [0.717, 1.165) is 23.3 Å². The molecule has 0 saturated heterocycles. The summed E-state index contributed by atoms with van der Waals surface area (Å²) < 4.78 is 16.2. The molecule has 0 aliphatic carbocycles. The smallest absolute Gasteiger partial charge is 0.171 e. The number of aryl methyl sites for hydroxylation is 1. The molecule has 1 atom stereocenters. The van der Waals surface area contributed by atoms with Crippen molar-refractivity contribution in [1.82, 2.24) is 5.32 Å². The molecule has 0 saturated carbocycles. The van der Waals surface area contributed by atoms with E-state index in [-0.39, 0.29) is 12.3 Å². The predicted octanol–water partition coefficient (Wildman–Crippen LogP) is 2.84. The molecule has 1 aromatic carbocycles. The second-order valence-electron chi connectivity index (χ2n) is 4.64. The van der Waals surface area contributed by atoms with Gasteiger partial charge in [-0.15, -0.1) is 0 Å². The van der Waals surface area contributed by atoms with Crippen molar-refractivity contribution in [2.75, 3.05) is 14.2 Å². The number of rotatable bonds is 6. The van der Waals surface area contributed by atoms with E-state index in [0.29, 0.717) is 0 Å². The van der Waals surface area contributed by atoms with Gasteiger partial charge in [0.25, 0.3) is 0 Å². The summed E-state index contributed by atoms with van der Waals surface area (Å²) in [5.74, 6) is 0.951. The van der Waals surface area contributed by atoms with Crippen molar-refractivity contribution < 1.29 is 13.9 Å². The molecule has 0 radical (unpaired) electrons. The molecule has 0 fully saturated rings. The van der Waals surface area contributed by atoms with E-state index in [9.17, 15) is 0 Å². The van der Waals surface area contributed by atoms with Gasteiger partial charge in [0.1, 0.15) is 11.3 Å². The Bertz CT molecular complexity index is 531. The van der Waals surface area contributed by atoms with E-state index in [1.165, 1.54) is 5.56 Å². The van der Waals surface area contributed by atoms with Crippen LogP contribution in [0.5, 0.6) is 0 Å². The lowest BCUT2D eigenvalue weighted by Crippen LogP contribution is -2.39. The van der Waals surface area contributed by atoms with Crippen LogP contribution in [-0.4, -0.2) is 26.6 Å². The van der Waals surface area contributed by atoms with Crippen LogP contribution < -0.4 is 5.32 Å². The van der Waals surface area contributed by atoms with Gasteiger partial charge in [-0.25, -0.2) is 0 Å². The Kier molecular flexibility index (Phi) is 4.58. The Morgan fingerprint density at radius 1 is 1.21 bits per heavy atom. The van der Waals surface area contributed by atoms with Crippen molar-refractivity contribution in [1.29, 1.82) is 0 Å². The largest absolute Gasteiger partial charge is 0.461 e. The van der Waals surface area contributed by atoms with E-state index < -0.39 is 0 Å². The first kappa shape index (κ1) is 14.1. The maximum Gasteiger partial charge on any atom is 0.171 e. The van der Waals surface area contributed by atoms with Crippen LogP contribution in [0.15, 0.2) is 28.7 Å². The number of nitrogens with one attached hydrogen (secondary N) is 1. The average Bonchev–Trinajstić information content (AvgIpc) is 2.73. The first-order valence-electron chi connectivity index (χ1n) is 6.43. The van der Waals surface area contributed by atoms with Crippen LogP contribution in [0.25, 0.3) is 11.0 Å². The van der Waals surface area contributed by atoms with E-state index in [1.54, 1.807) is 14.2 Å². The molecule has 0 bridgehead atoms. The third kappa shape index (κ3) is 2.97. The number of hydrogen-bond donors (Lipinski definition) is 1. The third-order valence-corrected chi connectivity index (χ3v) is 3.37. The van der Waals surface area contributed by atoms with Crippen LogP contribution in [-0.2, 0) is 16.0 Å². The van der Waals surface area contributed by atoms with E-state index in [1.807, 2.05) is 32.0 Å². The third-order valence-electron chi connectivity index (χ3n) is 3.37. The second kappa shape index (κ2) is 6.19. The fourth-order valence-corrected chi connectivity index (χ4v) is 2.30. The number of para-hydroxylation sites is 1. The van der Waals surface area contributed by atoms with Crippen LogP contribution in [0, 0.1) is 6.92 Å². The lowest BCUT2D eigenvalue weighted by molar-refractivity contribution is -0.119. The molecule has 4 nitrogen and oxygen atoms in total. The summed E-state index contributed by atoms with van der Waals surface area (Å²) in [6.45, 7) is 4.76. The minimum absolute atomic E-state index is 0.100. The highest BCUT2D eigenvalue weighted by Crippen LogP contribution is 2.25. The summed E-state index contributed by atoms with van der Waals surface area (Å²) in [6, 6.07) is 8.18. The van der Waals surface area contributed by atoms with Crippen molar-refractivity contribution in [3.8, 4) is 0 Å². The van der Waals surface area contributed by atoms with Crippen LogP contribution >= 0.6 is 0 Å². The topological polar surface area (TPSA) is 43.6 Å². The maximum atomic E-state index is 5.74. The van der Waals surface area contributed by atoms with Gasteiger partial charge in [-0.05, 0) is 19.9 Å². The zero-order valence-corrected chi connectivity index (χ0v) is 11.9. The first-order chi connectivity index (χ1) is 9.17. The SMILES string of the molecule is COC(OC)C(C)NCc1c(C)oc2ccccc12. The predicted molar refractivity (Wildman–Crippen MR) is 75.1 cm³/mol. The first-order valence-corrected chi connectivity index (χ1v) is 6.43. The lowest BCUT2D eigenvalue weighted by Gasteiger charge is -2.22. The molecule has 2 aromatic rings. The lowest BCUT2D eigenvalue weighted by atomic mass is 10.1. The van der Waals surface area contributed by atoms with Gasteiger partial charge >= 0.3 is 0 Å². The Balaban J connectivity index is 2.11. The molecular formula is C15H21NO3. The van der Waals surface area contributed by atoms with E-state index >= 15 is 0 Å². The Hall–Kier alpha value is -1.36. The van der Waals surface area contributed by atoms with Crippen molar-refractivity contribution in [3.05, 3.63) is 35.6 Å². The fraction of sp³-hybridized carbons (Fsp3) is 0.467. The molecule has 1 N–H and O–H groups in total. The highest BCUT2D eigenvalue weighted by atomic mass is 16.7. The van der Waals surface area contributed by atoms with Gasteiger partial charge in [-0.2, -0.15) is 0 Å². The molecule has 4 heteroatoms. The van der Waals surface area contributed by atoms with Crippen molar-refractivity contribution in [3.63, 3.8) is 0 Å². The Morgan fingerprint density at radius 3 is 2.58 bits per heavy atom. The summed E-state index contributed by atoms with van der Waals surface area (Å²) in [4.78, 5) is 0. The van der Waals surface area contributed by atoms with Crippen LogP contribution in [0.4, 0.5) is 0 Å². The number of furan rings is 1. The minimum atomic E-state index is -0.251. The van der Waals surface area contributed by atoms with Gasteiger partial charge < -0.3 is 19.2 Å². The molecule has 104 valence electrons. The van der Waals surface area contributed by atoms with Gasteiger partial charge in [-0.1, -0.05) is 18.2 Å². The molecule has 1 unspecified atom stereocenters. The number of methoxy groups -OCH3 is 2. The fourth-order valence-electron chi connectivity index (χ4n) is 2.30. The summed E-state index contributed by atoms with van der Waals surface area (Å²) in [5.41, 5.74) is 2.12. The second-order valence-corrected chi connectivity index (χ2v) is 4.64. The minimum Gasteiger partial charge on any atom is -0.461 e. The summed E-state index contributed by atoms with van der Waals surface area (Å²) >= 11 is 0. The zero-order chi connectivity index (χ0) is 13.8. The van der Waals surface area contributed by atoms with Gasteiger partial charge in [0.2, 0.25) is 0 Å². The summed E-state index contributed by atoms with van der Waals surface area (Å²) in [5, 5.41) is 4.57. The molecular weight excluding hydrogens is 242 g/mol. The van der Waals surface area contributed by atoms with Gasteiger partial charge in [0, 0.05) is 31.7 Å². The Morgan fingerprint density at radius 2 is 1.89 bits per heavy atom. The quantitative estimate of drug-likeness (QED) is 0.814. The highest BCUT2D eigenvalue weighted by molar-refractivity contribution is 5.82. The number of fused-ring (bicyclic) bond motifs is 1. The molecule has 1 heterocycles. The maximum absolute atomic E-state index is 5.74. The monoisotopic (exact) mass is 263 g/mol. The summed E-state index contributed by atoms with van der Waals surface area (Å²) in [7, 11) is 3.29. The van der Waals surface area contributed by atoms with Crippen LogP contribution in [0.3, 0.4) is 0 Å². The average molecular weight is 263 g/mol. The van der Waals surface area contributed by atoms with Gasteiger partial charge in [0.05, 0.1) is 6.04 Å². The van der Waals surface area contributed by atoms with Crippen molar-refractivity contribution in [2.45, 2.75) is 32.7 Å². The van der Waals surface area contributed by atoms with Crippen molar-refractivity contribution in [2.24, 2.45) is 0 Å². The molecule has 2 rings (SSSR count). The molecule has 0 amide bonds. The molecule has 1 aromatic heterocycles. The van der Waals surface area contributed by atoms with Crippen LogP contribution in [0.2, 0.25) is 0 Å². The number of ether oxygens (including phenoxy) is 2. The van der Waals surface area contributed by atoms with Gasteiger partial charge in [0.15, 0.2) is 6.29 Å². The number of benzene rings is 1. The standard InChI is InChI=1S/C15H21NO3/c1-10(15(17-3)18-4)16-9-13-11(2)19-14-8-6-5-7-12(13)14/h5-8,10,15-16H,9H2,1-4H3. The molecule has 0 aliphatic heterocycles. The normalized spacial score (nSPS) is 13.3. The molecule has 0 aliphatic rings. The Labute approximate surface area is 113 Å². The molecule has 19 heavy (non-hydrogen) atoms. The van der Waals surface area contributed by atoms with E-state index in [4.69, 9.17) is 13.9 Å². The van der Waals surface area contributed by atoms with Gasteiger partial charge in [-0.3, -0.25) is 0 Å². The zero-order valence-electron chi connectivity index (χ0n) is 11.9. The van der Waals surface area contributed by atoms with Crippen molar-refractivity contribution >= 4 is 11.0 Å². The highest BCUT2D eigenvalue weighted by Gasteiger charge is 2.17. The number of hydrogen-bond acceptors (Lipinski definition) is 4. The molecule has 0 spiro atoms. The van der Waals surface area contributed by atoms with E-state index in [2.05, 4.69) is 11.4 Å². The van der Waals surface area contributed by atoms with Crippen LogP contribution in [0.1, 0.15) is 18.2 Å². The summed E-state index contributed by atoms with van der Waals surface area (Å²) in [6.07, 6.45) is -0.251.